The van der Waals surface area contributed by atoms with Gasteiger partial charge in [0.2, 0.25) is 0 Å². The molecule has 0 saturated heterocycles. The molecular weight excluding hydrogens is 256 g/mol. The number of aromatic amines is 2. The number of aromatic nitrogens is 4. The quantitative estimate of drug-likeness (QED) is 0.759. The van der Waals surface area contributed by atoms with Crippen molar-refractivity contribution in [3.8, 4) is 22.0 Å². The molecule has 0 aromatic carbocycles. The van der Waals surface area contributed by atoms with Crippen LogP contribution in [0.3, 0.4) is 0 Å². The predicted octanol–water partition coefficient (Wildman–Crippen LogP) is 3.87. The second-order valence-electron chi connectivity index (χ2n) is 4.25. The molecule has 3 aromatic heterocycles. The van der Waals surface area contributed by atoms with Gasteiger partial charge in [0, 0.05) is 34.6 Å². The van der Waals surface area contributed by atoms with Gasteiger partial charge >= 0.3 is 0 Å². The van der Waals surface area contributed by atoms with Gasteiger partial charge in [0.1, 0.15) is 5.01 Å². The van der Waals surface area contributed by atoms with Gasteiger partial charge in [-0.25, -0.2) is 4.98 Å². The normalized spacial score (nSPS) is 11.5. The summed E-state index contributed by atoms with van der Waals surface area (Å²) in [5, 5.41) is 9.93. The Labute approximate surface area is 115 Å². The summed E-state index contributed by atoms with van der Waals surface area (Å²) in [6.45, 7) is 4.09. The maximum Gasteiger partial charge on any atom is 0.141 e. The van der Waals surface area contributed by atoms with Crippen LogP contribution in [0.1, 0.15) is 18.2 Å². The molecule has 0 aliphatic rings. The largest absolute Gasteiger partial charge is 0.364 e. The highest BCUT2D eigenvalue weighted by atomic mass is 32.1. The predicted molar refractivity (Wildman–Crippen MR) is 78.9 cm³/mol. The van der Waals surface area contributed by atoms with Gasteiger partial charge in [-0.15, -0.1) is 11.3 Å². The van der Waals surface area contributed by atoms with Crippen molar-refractivity contribution in [1.82, 2.24) is 20.2 Å². The SMILES string of the molecule is C/C=C\c1c(-c2csc(-c3ccn[nH]3)n2)c[nH]c1C. The molecule has 4 nitrogen and oxygen atoms in total. The van der Waals surface area contributed by atoms with Crippen molar-refractivity contribution in [1.29, 1.82) is 0 Å². The molecule has 3 heterocycles. The van der Waals surface area contributed by atoms with Crippen molar-refractivity contribution in [3.05, 3.63) is 41.2 Å². The summed E-state index contributed by atoms with van der Waals surface area (Å²) in [7, 11) is 0. The zero-order chi connectivity index (χ0) is 13.2. The third-order valence-electron chi connectivity index (χ3n) is 2.97. The van der Waals surface area contributed by atoms with Gasteiger partial charge in [0.25, 0.3) is 0 Å². The average Bonchev–Trinajstić information content (AvgIpc) is 3.10. The Balaban J connectivity index is 2.04. The average molecular weight is 270 g/mol. The van der Waals surface area contributed by atoms with Crippen LogP contribution in [0, 0.1) is 6.92 Å². The maximum atomic E-state index is 4.67. The van der Waals surface area contributed by atoms with Crippen LogP contribution in [-0.4, -0.2) is 20.2 Å². The molecule has 0 atom stereocenters. The highest BCUT2D eigenvalue weighted by Gasteiger charge is 2.12. The minimum atomic E-state index is 0.955. The van der Waals surface area contributed by atoms with Gasteiger partial charge in [-0.2, -0.15) is 5.10 Å². The van der Waals surface area contributed by atoms with Crippen LogP contribution in [0.5, 0.6) is 0 Å². The second-order valence-corrected chi connectivity index (χ2v) is 5.11. The van der Waals surface area contributed by atoms with Crippen molar-refractivity contribution in [2.24, 2.45) is 0 Å². The number of nitrogens with one attached hydrogen (secondary N) is 2. The molecule has 0 radical (unpaired) electrons. The molecule has 0 spiro atoms. The van der Waals surface area contributed by atoms with Crippen LogP contribution in [0.2, 0.25) is 0 Å². The van der Waals surface area contributed by atoms with Gasteiger partial charge in [-0.05, 0) is 19.9 Å². The lowest BCUT2D eigenvalue weighted by Crippen LogP contribution is -1.81. The van der Waals surface area contributed by atoms with E-state index >= 15 is 0 Å². The molecule has 0 amide bonds. The fourth-order valence-corrected chi connectivity index (χ4v) is 2.82. The molecule has 0 saturated carbocycles. The molecule has 0 aliphatic heterocycles. The van der Waals surface area contributed by atoms with Crippen molar-refractivity contribution in [2.45, 2.75) is 13.8 Å². The number of hydrogen-bond donors (Lipinski definition) is 2. The Hall–Kier alpha value is -2.14. The third-order valence-corrected chi connectivity index (χ3v) is 3.85. The first-order valence-corrected chi connectivity index (χ1v) is 6.94. The van der Waals surface area contributed by atoms with Gasteiger partial charge in [-0.1, -0.05) is 12.2 Å². The van der Waals surface area contributed by atoms with E-state index in [1.54, 1.807) is 17.5 Å². The number of allylic oxidation sites excluding steroid dienone is 1. The summed E-state index contributed by atoms with van der Waals surface area (Å²) in [5.41, 5.74) is 5.44. The van der Waals surface area contributed by atoms with Crippen molar-refractivity contribution < 1.29 is 0 Å². The Morgan fingerprint density at radius 3 is 3.00 bits per heavy atom. The fourth-order valence-electron chi connectivity index (χ4n) is 2.03. The van der Waals surface area contributed by atoms with E-state index in [0.29, 0.717) is 0 Å². The Morgan fingerprint density at radius 1 is 1.37 bits per heavy atom. The van der Waals surface area contributed by atoms with Gasteiger partial charge in [0.05, 0.1) is 11.4 Å². The molecule has 3 aromatic rings. The van der Waals surface area contributed by atoms with Crippen LogP contribution < -0.4 is 0 Å². The molecule has 96 valence electrons. The Kier molecular flexibility index (Phi) is 3.05. The number of H-pyrrole nitrogens is 2. The first kappa shape index (κ1) is 11.9. The summed E-state index contributed by atoms with van der Waals surface area (Å²) < 4.78 is 0. The number of hydrogen-bond acceptors (Lipinski definition) is 3. The number of thiazole rings is 1. The minimum absolute atomic E-state index is 0.955. The lowest BCUT2D eigenvalue weighted by atomic mass is 10.1. The molecular formula is C14H14N4S. The molecule has 2 N–H and O–H groups in total. The van der Waals surface area contributed by atoms with Crippen LogP contribution in [0.4, 0.5) is 0 Å². The summed E-state index contributed by atoms with van der Waals surface area (Å²) in [5.74, 6) is 0. The standard InChI is InChI=1S/C14H14N4S/c1-3-4-10-9(2)15-7-11(10)13-8-19-14(17-13)12-5-6-16-18-12/h3-8,15H,1-2H3,(H,16,18)/b4-3-. The summed E-state index contributed by atoms with van der Waals surface area (Å²) in [6, 6.07) is 1.93. The van der Waals surface area contributed by atoms with Crippen LogP contribution in [-0.2, 0) is 0 Å². The number of aryl methyl sites for hydroxylation is 1. The molecule has 5 heteroatoms. The molecule has 19 heavy (non-hydrogen) atoms. The van der Waals surface area contributed by atoms with Crippen molar-refractivity contribution in [3.63, 3.8) is 0 Å². The summed E-state index contributed by atoms with van der Waals surface area (Å²) in [6.07, 6.45) is 7.90. The highest BCUT2D eigenvalue weighted by Crippen LogP contribution is 2.31. The third kappa shape index (κ3) is 2.13. The van der Waals surface area contributed by atoms with E-state index in [2.05, 4.69) is 38.5 Å². The molecule has 3 rings (SSSR count). The number of nitrogens with zero attached hydrogens (tertiary/aromatic N) is 2. The Bertz CT molecular complexity index is 704. The zero-order valence-corrected chi connectivity index (χ0v) is 11.6. The van der Waals surface area contributed by atoms with Crippen molar-refractivity contribution in [2.75, 3.05) is 0 Å². The Morgan fingerprint density at radius 2 is 2.26 bits per heavy atom. The molecule has 0 bridgehead atoms. The topological polar surface area (TPSA) is 57.4 Å². The monoisotopic (exact) mass is 270 g/mol. The van der Waals surface area contributed by atoms with E-state index in [1.807, 2.05) is 25.3 Å². The lowest BCUT2D eigenvalue weighted by Gasteiger charge is -1.96. The second kappa shape index (κ2) is 4.85. The maximum absolute atomic E-state index is 4.67. The van der Waals surface area contributed by atoms with E-state index in [4.69, 9.17) is 0 Å². The minimum Gasteiger partial charge on any atom is -0.364 e. The van der Waals surface area contributed by atoms with Crippen LogP contribution in [0.25, 0.3) is 28.0 Å². The lowest BCUT2D eigenvalue weighted by molar-refractivity contribution is 1.09. The van der Waals surface area contributed by atoms with E-state index in [-0.39, 0.29) is 0 Å². The zero-order valence-electron chi connectivity index (χ0n) is 10.8. The summed E-state index contributed by atoms with van der Waals surface area (Å²) in [4.78, 5) is 7.93. The molecule has 0 unspecified atom stereocenters. The van der Waals surface area contributed by atoms with E-state index in [1.165, 1.54) is 5.56 Å². The van der Waals surface area contributed by atoms with Gasteiger partial charge in [-0.3, -0.25) is 5.10 Å². The van der Waals surface area contributed by atoms with Crippen molar-refractivity contribution >= 4 is 17.4 Å². The van der Waals surface area contributed by atoms with Crippen LogP contribution in [0.15, 0.2) is 29.9 Å². The van der Waals surface area contributed by atoms with E-state index in [9.17, 15) is 0 Å². The van der Waals surface area contributed by atoms with Gasteiger partial charge < -0.3 is 4.98 Å². The smallest absolute Gasteiger partial charge is 0.141 e. The first-order valence-electron chi connectivity index (χ1n) is 6.06. The van der Waals surface area contributed by atoms with E-state index in [0.717, 1.165) is 27.7 Å². The molecule has 0 aliphatic carbocycles. The van der Waals surface area contributed by atoms with Gasteiger partial charge in [0.15, 0.2) is 0 Å². The van der Waals surface area contributed by atoms with E-state index < -0.39 is 0 Å². The van der Waals surface area contributed by atoms with Crippen LogP contribution >= 0.6 is 11.3 Å². The summed E-state index contributed by atoms with van der Waals surface area (Å²) >= 11 is 1.62. The number of rotatable bonds is 3. The molecule has 0 fully saturated rings. The highest BCUT2D eigenvalue weighted by molar-refractivity contribution is 7.13. The fraction of sp³-hybridized carbons (Fsp3) is 0.143. The first-order chi connectivity index (χ1) is 9.29.